The van der Waals surface area contributed by atoms with E-state index in [1.54, 1.807) is 7.05 Å². The molecule has 17 heavy (non-hydrogen) atoms. The Hall–Kier alpha value is -1.10. The standard InChI is InChI=1S/C12H21N3O2/c1-13-9-4-3-7-15(8-9)11(17)12(5-6-12)10(16)14-2/h9,13H,3-8H2,1-2H3,(H,14,16). The van der Waals surface area contributed by atoms with Crippen LogP contribution in [-0.4, -0.2) is 49.9 Å². The van der Waals surface area contributed by atoms with Crippen molar-refractivity contribution in [1.82, 2.24) is 15.5 Å². The third kappa shape index (κ3) is 2.16. The van der Waals surface area contributed by atoms with Crippen LogP contribution in [0.15, 0.2) is 0 Å². The first-order chi connectivity index (χ1) is 8.14. The lowest BCUT2D eigenvalue weighted by Crippen LogP contribution is -2.51. The number of amides is 2. The Labute approximate surface area is 102 Å². The third-order valence-electron chi connectivity index (χ3n) is 3.94. The van der Waals surface area contributed by atoms with Gasteiger partial charge in [0.15, 0.2) is 0 Å². The maximum atomic E-state index is 12.4. The molecule has 5 nitrogen and oxygen atoms in total. The molecule has 2 N–H and O–H groups in total. The number of likely N-dealkylation sites (N-methyl/N-ethyl adjacent to an activating group) is 1. The van der Waals surface area contributed by atoms with Gasteiger partial charge >= 0.3 is 0 Å². The van der Waals surface area contributed by atoms with Crippen molar-refractivity contribution in [3.8, 4) is 0 Å². The predicted molar refractivity (Wildman–Crippen MR) is 64.4 cm³/mol. The number of carbonyl (C=O) groups is 2. The molecular formula is C12H21N3O2. The maximum Gasteiger partial charge on any atom is 0.238 e. The maximum absolute atomic E-state index is 12.4. The second-order valence-corrected chi connectivity index (χ2v) is 5.04. The molecule has 0 aromatic heterocycles. The summed E-state index contributed by atoms with van der Waals surface area (Å²) in [5.74, 6) is -0.0918. The Morgan fingerprint density at radius 2 is 2.00 bits per heavy atom. The molecule has 2 fully saturated rings. The van der Waals surface area contributed by atoms with Crippen LogP contribution < -0.4 is 10.6 Å². The molecule has 0 aromatic carbocycles. The largest absolute Gasteiger partial charge is 0.358 e. The number of likely N-dealkylation sites (tertiary alicyclic amines) is 1. The fraction of sp³-hybridized carbons (Fsp3) is 0.833. The van der Waals surface area contributed by atoms with Gasteiger partial charge in [-0.3, -0.25) is 9.59 Å². The van der Waals surface area contributed by atoms with Crippen LogP contribution in [0.3, 0.4) is 0 Å². The van der Waals surface area contributed by atoms with Crippen molar-refractivity contribution in [2.45, 2.75) is 31.7 Å². The molecule has 0 radical (unpaired) electrons. The lowest BCUT2D eigenvalue weighted by atomic mass is 10.00. The average molecular weight is 239 g/mol. The highest BCUT2D eigenvalue weighted by Gasteiger charge is 2.57. The number of nitrogens with one attached hydrogen (secondary N) is 2. The normalized spacial score (nSPS) is 26.5. The second kappa shape index (κ2) is 4.64. The van der Waals surface area contributed by atoms with Crippen molar-refractivity contribution in [3.05, 3.63) is 0 Å². The number of rotatable bonds is 3. The topological polar surface area (TPSA) is 61.4 Å². The summed E-state index contributed by atoms with van der Waals surface area (Å²) in [6.07, 6.45) is 3.52. The molecule has 1 saturated heterocycles. The smallest absolute Gasteiger partial charge is 0.238 e. The van der Waals surface area contributed by atoms with Gasteiger partial charge in [-0.1, -0.05) is 0 Å². The minimum atomic E-state index is -0.732. The molecule has 1 saturated carbocycles. The van der Waals surface area contributed by atoms with Crippen LogP contribution in [-0.2, 0) is 9.59 Å². The van der Waals surface area contributed by atoms with E-state index in [0.29, 0.717) is 18.9 Å². The fourth-order valence-corrected chi connectivity index (χ4v) is 2.60. The lowest BCUT2D eigenvalue weighted by Gasteiger charge is -2.34. The first kappa shape index (κ1) is 12.4. The molecule has 96 valence electrons. The van der Waals surface area contributed by atoms with Crippen molar-refractivity contribution >= 4 is 11.8 Å². The van der Waals surface area contributed by atoms with Gasteiger partial charge in [0, 0.05) is 26.2 Å². The van der Waals surface area contributed by atoms with Gasteiger partial charge in [0.2, 0.25) is 11.8 Å². The van der Waals surface area contributed by atoms with E-state index in [4.69, 9.17) is 0 Å². The van der Waals surface area contributed by atoms with Gasteiger partial charge in [-0.05, 0) is 32.7 Å². The van der Waals surface area contributed by atoms with Crippen LogP contribution in [0.1, 0.15) is 25.7 Å². The van der Waals surface area contributed by atoms with Crippen molar-refractivity contribution < 1.29 is 9.59 Å². The summed E-state index contributed by atoms with van der Waals surface area (Å²) >= 11 is 0. The summed E-state index contributed by atoms with van der Waals surface area (Å²) in [5.41, 5.74) is -0.732. The third-order valence-corrected chi connectivity index (χ3v) is 3.94. The van der Waals surface area contributed by atoms with Crippen molar-refractivity contribution in [2.24, 2.45) is 5.41 Å². The quantitative estimate of drug-likeness (QED) is 0.666. The van der Waals surface area contributed by atoms with Crippen molar-refractivity contribution in [1.29, 1.82) is 0 Å². The molecule has 0 spiro atoms. The monoisotopic (exact) mass is 239 g/mol. The van der Waals surface area contributed by atoms with Gasteiger partial charge in [0.05, 0.1) is 0 Å². The molecule has 1 aliphatic heterocycles. The highest BCUT2D eigenvalue weighted by Crippen LogP contribution is 2.47. The molecule has 5 heteroatoms. The van der Waals surface area contributed by atoms with Crippen LogP contribution >= 0.6 is 0 Å². The fourth-order valence-electron chi connectivity index (χ4n) is 2.60. The minimum absolute atomic E-state index is 0.0248. The zero-order chi connectivity index (χ0) is 12.5. The summed E-state index contributed by atoms with van der Waals surface area (Å²) in [4.78, 5) is 26.0. The molecule has 1 unspecified atom stereocenters. The van der Waals surface area contributed by atoms with E-state index in [0.717, 1.165) is 25.9 Å². The van der Waals surface area contributed by atoms with Crippen molar-refractivity contribution in [2.75, 3.05) is 27.2 Å². The highest BCUT2D eigenvalue weighted by molar-refractivity contribution is 6.07. The molecular weight excluding hydrogens is 218 g/mol. The molecule has 0 aromatic rings. The Bertz CT molecular complexity index is 326. The minimum Gasteiger partial charge on any atom is -0.358 e. The predicted octanol–water partition coefficient (Wildman–Crippen LogP) is -0.277. The summed E-state index contributed by atoms with van der Waals surface area (Å²) in [5, 5.41) is 5.82. The van der Waals surface area contributed by atoms with Gasteiger partial charge in [-0.15, -0.1) is 0 Å². The number of hydrogen-bond acceptors (Lipinski definition) is 3. The number of hydrogen-bond donors (Lipinski definition) is 2. The number of piperidine rings is 1. The van der Waals surface area contributed by atoms with E-state index < -0.39 is 5.41 Å². The molecule has 2 amide bonds. The Kier molecular flexibility index (Phi) is 3.38. The number of carbonyl (C=O) groups excluding carboxylic acids is 2. The van der Waals surface area contributed by atoms with Crippen LogP contribution in [0.2, 0.25) is 0 Å². The molecule has 0 bridgehead atoms. The molecule has 1 atom stereocenters. The Balaban J connectivity index is 2.02. The van der Waals surface area contributed by atoms with E-state index in [1.807, 2.05) is 11.9 Å². The van der Waals surface area contributed by atoms with Crippen LogP contribution in [0.4, 0.5) is 0 Å². The summed E-state index contributed by atoms with van der Waals surface area (Å²) in [6.45, 7) is 1.52. The zero-order valence-electron chi connectivity index (χ0n) is 10.6. The summed E-state index contributed by atoms with van der Waals surface area (Å²) in [7, 11) is 3.52. The van der Waals surface area contributed by atoms with Gasteiger partial charge in [0.1, 0.15) is 5.41 Å². The summed E-state index contributed by atoms with van der Waals surface area (Å²) in [6, 6.07) is 0.369. The zero-order valence-corrected chi connectivity index (χ0v) is 10.6. The van der Waals surface area contributed by atoms with Crippen LogP contribution in [0.5, 0.6) is 0 Å². The SMILES string of the molecule is CNC(=O)C1(C(=O)N2CCCC(NC)C2)CC1. The van der Waals surface area contributed by atoms with Crippen LogP contribution in [0.25, 0.3) is 0 Å². The second-order valence-electron chi connectivity index (χ2n) is 5.04. The van der Waals surface area contributed by atoms with E-state index in [2.05, 4.69) is 10.6 Å². The van der Waals surface area contributed by atoms with E-state index in [-0.39, 0.29) is 11.8 Å². The molecule has 1 aliphatic carbocycles. The molecule has 1 heterocycles. The first-order valence-electron chi connectivity index (χ1n) is 6.33. The molecule has 2 aliphatic rings. The van der Waals surface area contributed by atoms with Gasteiger partial charge in [0.25, 0.3) is 0 Å². The van der Waals surface area contributed by atoms with Crippen molar-refractivity contribution in [3.63, 3.8) is 0 Å². The highest BCUT2D eigenvalue weighted by atomic mass is 16.2. The van der Waals surface area contributed by atoms with Gasteiger partial charge in [-0.2, -0.15) is 0 Å². The number of nitrogens with zero attached hydrogens (tertiary/aromatic N) is 1. The van der Waals surface area contributed by atoms with E-state index >= 15 is 0 Å². The van der Waals surface area contributed by atoms with Gasteiger partial charge < -0.3 is 15.5 Å². The first-order valence-corrected chi connectivity index (χ1v) is 6.33. The Morgan fingerprint density at radius 3 is 2.53 bits per heavy atom. The average Bonchev–Trinajstić information content (AvgIpc) is 3.18. The summed E-state index contributed by atoms with van der Waals surface area (Å²) < 4.78 is 0. The van der Waals surface area contributed by atoms with E-state index in [1.165, 1.54) is 0 Å². The van der Waals surface area contributed by atoms with Crippen LogP contribution in [0, 0.1) is 5.41 Å². The van der Waals surface area contributed by atoms with E-state index in [9.17, 15) is 9.59 Å². The van der Waals surface area contributed by atoms with Gasteiger partial charge in [-0.25, -0.2) is 0 Å². The lowest BCUT2D eigenvalue weighted by molar-refractivity contribution is -0.145. The molecule has 2 rings (SSSR count). The Morgan fingerprint density at radius 1 is 1.29 bits per heavy atom.